The third-order valence-corrected chi connectivity index (χ3v) is 3.76. The maximum atomic E-state index is 13.7. The van der Waals surface area contributed by atoms with E-state index < -0.39 is 29.3 Å². The standard InChI is InChI=1S/C17H14F2N2O2/c18-12-7-4-8-13(19)16(12)20-17(23)14-9-10-15(22)21(14)11-5-2-1-3-6-11/h1-8,14H,9-10H2,(H,20,23). The second-order valence-electron chi connectivity index (χ2n) is 5.24. The summed E-state index contributed by atoms with van der Waals surface area (Å²) in [6.45, 7) is 0. The van der Waals surface area contributed by atoms with E-state index in [1.54, 1.807) is 30.3 Å². The van der Waals surface area contributed by atoms with Crippen molar-refractivity contribution >= 4 is 23.2 Å². The van der Waals surface area contributed by atoms with Gasteiger partial charge in [0.1, 0.15) is 23.4 Å². The van der Waals surface area contributed by atoms with Crippen LogP contribution in [0.4, 0.5) is 20.2 Å². The van der Waals surface area contributed by atoms with Crippen molar-refractivity contribution in [2.24, 2.45) is 0 Å². The van der Waals surface area contributed by atoms with Crippen molar-refractivity contribution in [2.75, 3.05) is 10.2 Å². The van der Waals surface area contributed by atoms with Gasteiger partial charge in [0, 0.05) is 12.1 Å². The summed E-state index contributed by atoms with van der Waals surface area (Å²) >= 11 is 0. The number of benzene rings is 2. The zero-order valence-electron chi connectivity index (χ0n) is 12.1. The van der Waals surface area contributed by atoms with E-state index in [-0.39, 0.29) is 12.3 Å². The van der Waals surface area contributed by atoms with Gasteiger partial charge in [0.05, 0.1) is 0 Å². The second-order valence-corrected chi connectivity index (χ2v) is 5.24. The topological polar surface area (TPSA) is 49.4 Å². The molecule has 0 saturated carbocycles. The Labute approximate surface area is 131 Å². The van der Waals surface area contributed by atoms with Gasteiger partial charge in [-0.2, -0.15) is 0 Å². The highest BCUT2D eigenvalue weighted by atomic mass is 19.1. The van der Waals surface area contributed by atoms with E-state index in [1.165, 1.54) is 11.0 Å². The van der Waals surface area contributed by atoms with Crippen LogP contribution in [0.25, 0.3) is 0 Å². The van der Waals surface area contributed by atoms with Crippen molar-refractivity contribution < 1.29 is 18.4 Å². The molecule has 1 atom stereocenters. The molecule has 0 bridgehead atoms. The van der Waals surface area contributed by atoms with Gasteiger partial charge in [0.25, 0.3) is 0 Å². The van der Waals surface area contributed by atoms with Crippen molar-refractivity contribution in [3.63, 3.8) is 0 Å². The molecule has 1 saturated heterocycles. The van der Waals surface area contributed by atoms with Crippen molar-refractivity contribution in [3.8, 4) is 0 Å². The molecule has 2 aromatic rings. The summed E-state index contributed by atoms with van der Waals surface area (Å²) in [6.07, 6.45) is 0.516. The smallest absolute Gasteiger partial charge is 0.247 e. The third-order valence-electron chi connectivity index (χ3n) is 3.76. The molecule has 2 amide bonds. The fourth-order valence-electron chi connectivity index (χ4n) is 2.67. The lowest BCUT2D eigenvalue weighted by Crippen LogP contribution is -2.42. The highest BCUT2D eigenvalue weighted by molar-refractivity contribution is 6.07. The summed E-state index contributed by atoms with van der Waals surface area (Å²) in [4.78, 5) is 25.9. The van der Waals surface area contributed by atoms with Gasteiger partial charge in [-0.25, -0.2) is 8.78 Å². The number of amides is 2. The van der Waals surface area contributed by atoms with Gasteiger partial charge < -0.3 is 5.32 Å². The first-order valence-corrected chi connectivity index (χ1v) is 7.20. The number of hydrogen-bond donors (Lipinski definition) is 1. The molecule has 1 heterocycles. The Morgan fingerprint density at radius 3 is 2.35 bits per heavy atom. The number of rotatable bonds is 3. The van der Waals surface area contributed by atoms with Crippen LogP contribution in [0.1, 0.15) is 12.8 Å². The monoisotopic (exact) mass is 316 g/mol. The Morgan fingerprint density at radius 1 is 1.04 bits per heavy atom. The molecule has 0 aliphatic carbocycles. The van der Waals surface area contributed by atoms with Crippen LogP contribution in [-0.4, -0.2) is 17.9 Å². The fourth-order valence-corrected chi connectivity index (χ4v) is 2.67. The van der Waals surface area contributed by atoms with E-state index in [4.69, 9.17) is 0 Å². The molecule has 0 radical (unpaired) electrons. The first-order valence-electron chi connectivity index (χ1n) is 7.20. The van der Waals surface area contributed by atoms with Gasteiger partial charge in [-0.05, 0) is 30.7 Å². The molecule has 1 N–H and O–H groups in total. The van der Waals surface area contributed by atoms with Crippen LogP contribution in [-0.2, 0) is 9.59 Å². The molecule has 0 spiro atoms. The van der Waals surface area contributed by atoms with Gasteiger partial charge in [0.2, 0.25) is 11.8 Å². The normalized spacial score (nSPS) is 17.4. The number of hydrogen-bond acceptors (Lipinski definition) is 2. The molecule has 23 heavy (non-hydrogen) atoms. The molecule has 1 unspecified atom stereocenters. The number of nitrogens with one attached hydrogen (secondary N) is 1. The van der Waals surface area contributed by atoms with Gasteiger partial charge in [0.15, 0.2) is 0 Å². The maximum absolute atomic E-state index is 13.7. The zero-order valence-corrected chi connectivity index (χ0v) is 12.1. The molecule has 3 rings (SSSR count). The molecule has 0 aromatic heterocycles. The average Bonchev–Trinajstić information content (AvgIpc) is 2.93. The second kappa shape index (κ2) is 6.16. The highest BCUT2D eigenvalue weighted by Gasteiger charge is 2.37. The van der Waals surface area contributed by atoms with Crippen molar-refractivity contribution in [3.05, 3.63) is 60.2 Å². The molecular weight excluding hydrogens is 302 g/mol. The fraction of sp³-hybridized carbons (Fsp3) is 0.176. The molecule has 1 aliphatic rings. The number of halogens is 2. The summed E-state index contributed by atoms with van der Waals surface area (Å²) in [7, 11) is 0. The zero-order chi connectivity index (χ0) is 16.4. The average molecular weight is 316 g/mol. The van der Waals surface area contributed by atoms with Crippen molar-refractivity contribution in [1.29, 1.82) is 0 Å². The van der Waals surface area contributed by atoms with E-state index >= 15 is 0 Å². The molecule has 4 nitrogen and oxygen atoms in total. The number of carbonyl (C=O) groups excluding carboxylic acids is 2. The summed E-state index contributed by atoms with van der Waals surface area (Å²) in [5, 5.41) is 2.26. The summed E-state index contributed by atoms with van der Waals surface area (Å²) in [5.74, 6) is -2.50. The van der Waals surface area contributed by atoms with E-state index in [1.807, 2.05) is 0 Å². The maximum Gasteiger partial charge on any atom is 0.247 e. The minimum Gasteiger partial charge on any atom is -0.319 e. The molecule has 1 fully saturated rings. The van der Waals surface area contributed by atoms with Gasteiger partial charge in [-0.15, -0.1) is 0 Å². The van der Waals surface area contributed by atoms with E-state index in [0.29, 0.717) is 12.1 Å². The van der Waals surface area contributed by atoms with E-state index in [9.17, 15) is 18.4 Å². The molecule has 6 heteroatoms. The van der Waals surface area contributed by atoms with Crippen LogP contribution in [0.3, 0.4) is 0 Å². The van der Waals surface area contributed by atoms with Crippen molar-refractivity contribution in [1.82, 2.24) is 0 Å². The number of carbonyl (C=O) groups is 2. The van der Waals surface area contributed by atoms with E-state index in [2.05, 4.69) is 5.32 Å². The number of anilines is 2. The van der Waals surface area contributed by atoms with Crippen LogP contribution in [0.5, 0.6) is 0 Å². The Morgan fingerprint density at radius 2 is 1.70 bits per heavy atom. The lowest BCUT2D eigenvalue weighted by molar-refractivity contribution is -0.120. The predicted molar refractivity (Wildman–Crippen MR) is 81.9 cm³/mol. The van der Waals surface area contributed by atoms with Crippen LogP contribution in [0.15, 0.2) is 48.5 Å². The van der Waals surface area contributed by atoms with Gasteiger partial charge >= 0.3 is 0 Å². The molecular formula is C17H14F2N2O2. The SMILES string of the molecule is O=C(Nc1c(F)cccc1F)C1CCC(=O)N1c1ccccc1. The summed E-state index contributed by atoms with van der Waals surface area (Å²) < 4.78 is 27.3. The quantitative estimate of drug-likeness (QED) is 0.946. The molecule has 1 aliphatic heterocycles. The third kappa shape index (κ3) is 2.92. The first kappa shape index (κ1) is 15.1. The van der Waals surface area contributed by atoms with Gasteiger partial charge in [-0.3, -0.25) is 14.5 Å². The minimum absolute atomic E-state index is 0.189. The number of nitrogens with zero attached hydrogens (tertiary/aromatic N) is 1. The van der Waals surface area contributed by atoms with E-state index in [0.717, 1.165) is 12.1 Å². The lowest BCUT2D eigenvalue weighted by Gasteiger charge is -2.24. The lowest BCUT2D eigenvalue weighted by atomic mass is 10.1. The summed E-state index contributed by atoms with van der Waals surface area (Å²) in [5.41, 5.74) is 0.0917. The predicted octanol–water partition coefficient (Wildman–Crippen LogP) is 3.10. The van der Waals surface area contributed by atoms with Crippen LogP contribution in [0, 0.1) is 11.6 Å². The van der Waals surface area contributed by atoms with Crippen molar-refractivity contribution in [2.45, 2.75) is 18.9 Å². The Kier molecular flexibility index (Phi) is 4.06. The highest BCUT2D eigenvalue weighted by Crippen LogP contribution is 2.28. The largest absolute Gasteiger partial charge is 0.319 e. The Balaban J connectivity index is 1.85. The molecule has 118 valence electrons. The van der Waals surface area contributed by atoms with Crippen LogP contribution < -0.4 is 10.2 Å². The van der Waals surface area contributed by atoms with Crippen LogP contribution >= 0.6 is 0 Å². The Bertz CT molecular complexity index is 729. The number of para-hydroxylation sites is 2. The Hall–Kier alpha value is -2.76. The van der Waals surface area contributed by atoms with Gasteiger partial charge in [-0.1, -0.05) is 24.3 Å². The molecule has 2 aromatic carbocycles. The minimum atomic E-state index is -0.853. The summed E-state index contributed by atoms with van der Waals surface area (Å²) in [6, 6.07) is 11.3. The van der Waals surface area contributed by atoms with Crippen LogP contribution in [0.2, 0.25) is 0 Å². The first-order chi connectivity index (χ1) is 11.1.